The highest BCUT2D eigenvalue weighted by Crippen LogP contribution is 2.43. The van der Waals surface area contributed by atoms with Gasteiger partial charge >= 0.3 is 0 Å². The first-order chi connectivity index (χ1) is 11.3. The zero-order valence-corrected chi connectivity index (χ0v) is 12.9. The molecule has 0 fully saturated rings. The molecule has 1 aromatic heterocycles. The molecule has 3 aromatic rings. The molecule has 2 heterocycles. The molecule has 4 rings (SSSR count). The number of benzene rings is 2. The topological polar surface area (TPSA) is 49.0 Å². The Hall–Kier alpha value is -2.88. The maximum Gasteiger partial charge on any atom is 0.233 e. The average Bonchev–Trinajstić information content (AvgIpc) is 2.97. The number of aromatic nitrogens is 2. The van der Waals surface area contributed by atoms with Gasteiger partial charge in [0.1, 0.15) is 0 Å². The molecule has 4 nitrogen and oxygen atoms in total. The summed E-state index contributed by atoms with van der Waals surface area (Å²) in [7, 11) is 0. The fourth-order valence-electron chi connectivity index (χ4n) is 3.31. The molecular weight excluding hydrogens is 286 g/mol. The van der Waals surface area contributed by atoms with Crippen LogP contribution in [-0.4, -0.2) is 16.1 Å². The summed E-state index contributed by atoms with van der Waals surface area (Å²) in [6, 6.07) is 19.9. The first kappa shape index (κ1) is 13.8. The summed E-state index contributed by atoms with van der Waals surface area (Å²) in [6.45, 7) is 2.01. The van der Waals surface area contributed by atoms with Crippen LogP contribution >= 0.6 is 0 Å². The largest absolute Gasteiger partial charge is 0.280 e. The van der Waals surface area contributed by atoms with E-state index in [1.54, 1.807) is 4.90 Å². The van der Waals surface area contributed by atoms with Crippen molar-refractivity contribution in [3.05, 3.63) is 77.5 Å². The van der Waals surface area contributed by atoms with Gasteiger partial charge in [0, 0.05) is 23.6 Å². The van der Waals surface area contributed by atoms with Gasteiger partial charge in [0.15, 0.2) is 5.82 Å². The Morgan fingerprint density at radius 1 is 1.04 bits per heavy atom. The van der Waals surface area contributed by atoms with Crippen LogP contribution in [0.1, 0.15) is 29.2 Å². The highest BCUT2D eigenvalue weighted by molar-refractivity contribution is 6.03. The number of hydrogen-bond acceptors (Lipinski definition) is 2. The smallest absolute Gasteiger partial charge is 0.233 e. The van der Waals surface area contributed by atoms with Crippen molar-refractivity contribution in [1.29, 1.82) is 0 Å². The molecular formula is C19H17N3O. The van der Waals surface area contributed by atoms with E-state index in [9.17, 15) is 4.79 Å². The molecule has 0 bridgehead atoms. The number of carbonyl (C=O) groups excluding carboxylic acids is 1. The lowest BCUT2D eigenvalue weighted by Crippen LogP contribution is -2.33. The van der Waals surface area contributed by atoms with Crippen molar-refractivity contribution in [3.63, 3.8) is 0 Å². The molecule has 1 atom stereocenters. The van der Waals surface area contributed by atoms with Gasteiger partial charge in [-0.15, -0.1) is 0 Å². The maximum absolute atomic E-state index is 12.8. The van der Waals surface area contributed by atoms with Crippen molar-refractivity contribution in [2.45, 2.75) is 19.3 Å². The van der Waals surface area contributed by atoms with Gasteiger partial charge in [-0.25, -0.2) is 0 Å². The highest BCUT2D eigenvalue weighted by Gasteiger charge is 2.36. The third-order valence-electron chi connectivity index (χ3n) is 4.38. The zero-order chi connectivity index (χ0) is 15.8. The lowest BCUT2D eigenvalue weighted by atomic mass is 9.85. The summed E-state index contributed by atoms with van der Waals surface area (Å²) < 4.78 is 0. The fourth-order valence-corrected chi connectivity index (χ4v) is 3.31. The third-order valence-corrected chi connectivity index (χ3v) is 4.38. The van der Waals surface area contributed by atoms with E-state index in [2.05, 4.69) is 22.3 Å². The number of aromatic amines is 1. The molecule has 1 unspecified atom stereocenters. The molecule has 114 valence electrons. The van der Waals surface area contributed by atoms with E-state index in [-0.39, 0.29) is 11.8 Å². The fraction of sp³-hybridized carbons (Fsp3) is 0.158. The summed E-state index contributed by atoms with van der Waals surface area (Å²) in [5.74, 6) is 0.847. The minimum atomic E-state index is 0.0532. The van der Waals surface area contributed by atoms with E-state index in [4.69, 9.17) is 0 Å². The van der Waals surface area contributed by atoms with Gasteiger partial charge in [-0.05, 0) is 24.6 Å². The summed E-state index contributed by atoms with van der Waals surface area (Å²) in [6.07, 6.45) is 0.451. The van der Waals surface area contributed by atoms with Crippen molar-refractivity contribution in [3.8, 4) is 0 Å². The number of anilines is 2. The van der Waals surface area contributed by atoms with Crippen LogP contribution in [0.25, 0.3) is 0 Å². The third kappa shape index (κ3) is 2.23. The van der Waals surface area contributed by atoms with Crippen molar-refractivity contribution in [2.75, 3.05) is 4.90 Å². The molecule has 1 aliphatic rings. The summed E-state index contributed by atoms with van der Waals surface area (Å²) in [4.78, 5) is 14.5. The van der Waals surface area contributed by atoms with Gasteiger partial charge in [-0.2, -0.15) is 5.10 Å². The van der Waals surface area contributed by atoms with E-state index in [1.165, 1.54) is 0 Å². The predicted octanol–water partition coefficient (Wildman–Crippen LogP) is 3.92. The SMILES string of the molecule is Cc1[nH]nc2c1C(c1ccccc1)CC(=O)N2c1ccccc1. The van der Waals surface area contributed by atoms with Crippen LogP contribution in [0.2, 0.25) is 0 Å². The lowest BCUT2D eigenvalue weighted by molar-refractivity contribution is -0.118. The molecule has 0 saturated heterocycles. The second kappa shape index (κ2) is 5.39. The van der Waals surface area contributed by atoms with Crippen molar-refractivity contribution >= 4 is 17.4 Å². The Kier molecular flexibility index (Phi) is 3.23. The minimum Gasteiger partial charge on any atom is -0.280 e. The van der Waals surface area contributed by atoms with Gasteiger partial charge in [0.05, 0.1) is 5.69 Å². The second-order valence-corrected chi connectivity index (χ2v) is 5.82. The molecule has 1 N–H and O–H groups in total. The summed E-state index contributed by atoms with van der Waals surface area (Å²) >= 11 is 0. The summed E-state index contributed by atoms with van der Waals surface area (Å²) in [5, 5.41) is 7.48. The van der Waals surface area contributed by atoms with Crippen LogP contribution in [0, 0.1) is 6.92 Å². The Morgan fingerprint density at radius 3 is 2.39 bits per heavy atom. The van der Waals surface area contributed by atoms with Gasteiger partial charge in [0.2, 0.25) is 5.91 Å². The van der Waals surface area contributed by atoms with Crippen molar-refractivity contribution in [1.82, 2.24) is 10.2 Å². The Morgan fingerprint density at radius 2 is 1.70 bits per heavy atom. The molecule has 2 aromatic carbocycles. The first-order valence-electron chi connectivity index (χ1n) is 7.73. The second-order valence-electron chi connectivity index (χ2n) is 5.82. The zero-order valence-electron chi connectivity index (χ0n) is 12.9. The Bertz CT molecular complexity index is 840. The number of nitrogens with zero attached hydrogens (tertiary/aromatic N) is 2. The lowest BCUT2D eigenvalue weighted by Gasteiger charge is -2.31. The molecule has 0 saturated carbocycles. The van der Waals surface area contributed by atoms with E-state index in [0.717, 1.165) is 28.3 Å². The van der Waals surface area contributed by atoms with Crippen LogP contribution in [0.3, 0.4) is 0 Å². The number of rotatable bonds is 2. The quantitative estimate of drug-likeness (QED) is 0.780. The number of hydrogen-bond donors (Lipinski definition) is 1. The number of carbonyl (C=O) groups is 1. The number of nitrogens with one attached hydrogen (secondary N) is 1. The highest BCUT2D eigenvalue weighted by atomic mass is 16.2. The van der Waals surface area contributed by atoms with Gasteiger partial charge in [0.25, 0.3) is 0 Å². The Labute approximate surface area is 134 Å². The number of aryl methyl sites for hydroxylation is 1. The standard InChI is InChI=1S/C19H17N3O/c1-13-18-16(14-8-4-2-5-9-14)12-17(23)22(19(18)21-20-13)15-10-6-3-7-11-15/h2-11,16H,12H2,1H3,(H,20,21). The number of H-pyrrole nitrogens is 1. The van der Waals surface area contributed by atoms with Crippen LogP contribution in [0.4, 0.5) is 11.5 Å². The van der Waals surface area contributed by atoms with Crippen LogP contribution in [-0.2, 0) is 4.79 Å². The molecule has 0 aliphatic carbocycles. The maximum atomic E-state index is 12.8. The number of amides is 1. The van der Waals surface area contributed by atoms with E-state index in [0.29, 0.717) is 6.42 Å². The number of fused-ring (bicyclic) bond motifs is 1. The van der Waals surface area contributed by atoms with Gasteiger partial charge < -0.3 is 0 Å². The molecule has 0 radical (unpaired) electrons. The normalized spacial score (nSPS) is 17.2. The first-order valence-corrected chi connectivity index (χ1v) is 7.73. The predicted molar refractivity (Wildman–Crippen MR) is 89.8 cm³/mol. The van der Waals surface area contributed by atoms with Gasteiger partial charge in [-0.1, -0.05) is 48.5 Å². The number of para-hydroxylation sites is 1. The molecule has 4 heteroatoms. The van der Waals surface area contributed by atoms with Crippen LogP contribution < -0.4 is 4.90 Å². The van der Waals surface area contributed by atoms with Crippen molar-refractivity contribution < 1.29 is 4.79 Å². The van der Waals surface area contributed by atoms with E-state index >= 15 is 0 Å². The molecule has 23 heavy (non-hydrogen) atoms. The molecule has 1 aliphatic heterocycles. The molecule has 1 amide bonds. The van der Waals surface area contributed by atoms with Crippen LogP contribution in [0.5, 0.6) is 0 Å². The van der Waals surface area contributed by atoms with Crippen molar-refractivity contribution in [2.24, 2.45) is 0 Å². The average molecular weight is 303 g/mol. The summed E-state index contributed by atoms with van der Waals surface area (Å²) in [5.41, 5.74) is 4.14. The van der Waals surface area contributed by atoms with E-state index < -0.39 is 0 Å². The minimum absolute atomic E-state index is 0.0532. The monoisotopic (exact) mass is 303 g/mol. The Balaban J connectivity index is 1.86. The molecule has 0 spiro atoms. The van der Waals surface area contributed by atoms with E-state index in [1.807, 2.05) is 55.5 Å². The van der Waals surface area contributed by atoms with Gasteiger partial charge in [-0.3, -0.25) is 14.8 Å². The van der Waals surface area contributed by atoms with Crippen LogP contribution in [0.15, 0.2) is 60.7 Å².